The van der Waals surface area contributed by atoms with Gasteiger partial charge in [0, 0.05) is 43.9 Å². The molecule has 39 heavy (non-hydrogen) atoms. The first-order valence-corrected chi connectivity index (χ1v) is 13.8. The molecule has 0 spiro atoms. The summed E-state index contributed by atoms with van der Waals surface area (Å²) in [5.74, 6) is 2.65. The highest BCUT2D eigenvalue weighted by Gasteiger charge is 2.29. The number of ether oxygens (including phenoxy) is 3. The van der Waals surface area contributed by atoms with Crippen LogP contribution in [0.25, 0.3) is 0 Å². The molecule has 12 heteroatoms. The SMILES string of the molecule is COc1cccc(C(=O)N2CCN(c3cc(Cl)nc(SCC(=O)NCc4ccc5c(c4)OCO5)n3)CC2C)c1. The minimum Gasteiger partial charge on any atom is -0.497 e. The first-order chi connectivity index (χ1) is 18.9. The summed E-state index contributed by atoms with van der Waals surface area (Å²) in [7, 11) is 1.58. The van der Waals surface area contributed by atoms with Crippen LogP contribution in [0.15, 0.2) is 53.7 Å². The number of fused-ring (bicyclic) bond motifs is 1. The van der Waals surface area contributed by atoms with Crippen LogP contribution in [0.3, 0.4) is 0 Å². The van der Waals surface area contributed by atoms with E-state index in [0.717, 1.165) is 5.56 Å². The van der Waals surface area contributed by atoms with Crippen molar-refractivity contribution in [2.45, 2.75) is 24.7 Å². The van der Waals surface area contributed by atoms with E-state index in [0.29, 0.717) is 65.1 Å². The minimum absolute atomic E-state index is 0.0372. The third-order valence-electron chi connectivity index (χ3n) is 6.45. The molecule has 1 saturated heterocycles. The van der Waals surface area contributed by atoms with Crippen molar-refractivity contribution < 1.29 is 23.8 Å². The zero-order valence-electron chi connectivity index (χ0n) is 21.6. The number of rotatable bonds is 8. The maximum absolute atomic E-state index is 13.1. The average molecular weight is 570 g/mol. The topological polar surface area (TPSA) is 106 Å². The van der Waals surface area contributed by atoms with Crippen molar-refractivity contribution in [3.8, 4) is 17.2 Å². The summed E-state index contributed by atoms with van der Waals surface area (Å²) >= 11 is 7.52. The van der Waals surface area contributed by atoms with E-state index in [1.165, 1.54) is 11.8 Å². The second-order valence-electron chi connectivity index (χ2n) is 9.11. The second kappa shape index (κ2) is 12.0. The molecule has 2 aromatic carbocycles. The zero-order chi connectivity index (χ0) is 27.4. The van der Waals surface area contributed by atoms with Crippen molar-refractivity contribution in [2.75, 3.05) is 44.2 Å². The van der Waals surface area contributed by atoms with Gasteiger partial charge in [-0.05, 0) is 42.8 Å². The fourth-order valence-corrected chi connectivity index (χ4v) is 5.35. The third kappa shape index (κ3) is 6.48. The van der Waals surface area contributed by atoms with Crippen LogP contribution in [0.4, 0.5) is 5.82 Å². The molecule has 204 valence electrons. The van der Waals surface area contributed by atoms with E-state index in [1.807, 2.05) is 42.2 Å². The Hall–Kier alpha value is -3.70. The fraction of sp³-hybridized carbons (Fsp3) is 0.333. The van der Waals surface area contributed by atoms with Gasteiger partial charge < -0.3 is 29.3 Å². The number of halogens is 1. The van der Waals surface area contributed by atoms with Crippen molar-refractivity contribution in [2.24, 2.45) is 0 Å². The summed E-state index contributed by atoms with van der Waals surface area (Å²) in [4.78, 5) is 38.4. The van der Waals surface area contributed by atoms with Crippen LogP contribution in [-0.2, 0) is 11.3 Å². The van der Waals surface area contributed by atoms with Crippen LogP contribution in [0.2, 0.25) is 5.15 Å². The number of hydrogen-bond acceptors (Lipinski definition) is 9. The smallest absolute Gasteiger partial charge is 0.254 e. The normalized spacial score (nSPS) is 16.2. The van der Waals surface area contributed by atoms with Crippen molar-refractivity contribution >= 4 is 41.0 Å². The van der Waals surface area contributed by atoms with E-state index < -0.39 is 0 Å². The average Bonchev–Trinajstić information content (AvgIpc) is 3.42. The summed E-state index contributed by atoms with van der Waals surface area (Å²) in [6, 6.07) is 14.4. The lowest BCUT2D eigenvalue weighted by atomic mass is 10.1. The van der Waals surface area contributed by atoms with Crippen LogP contribution >= 0.6 is 23.4 Å². The number of amides is 2. The summed E-state index contributed by atoms with van der Waals surface area (Å²) in [6.07, 6.45) is 0. The number of thioether (sulfide) groups is 1. The molecule has 5 rings (SSSR count). The van der Waals surface area contributed by atoms with Gasteiger partial charge in [0.1, 0.15) is 16.7 Å². The van der Waals surface area contributed by atoms with Crippen molar-refractivity contribution in [1.82, 2.24) is 20.2 Å². The van der Waals surface area contributed by atoms with Crippen molar-refractivity contribution in [3.63, 3.8) is 0 Å². The summed E-state index contributed by atoms with van der Waals surface area (Å²) in [5.41, 5.74) is 1.51. The molecule has 0 aliphatic carbocycles. The number of carbonyl (C=O) groups is 2. The molecule has 0 saturated carbocycles. The van der Waals surface area contributed by atoms with Gasteiger partial charge >= 0.3 is 0 Å². The number of carbonyl (C=O) groups excluding carboxylic acids is 2. The van der Waals surface area contributed by atoms with E-state index in [-0.39, 0.29) is 30.4 Å². The number of methoxy groups -OCH3 is 1. The lowest BCUT2D eigenvalue weighted by molar-refractivity contribution is -0.118. The quantitative estimate of drug-likeness (QED) is 0.247. The van der Waals surface area contributed by atoms with Gasteiger partial charge in [0.25, 0.3) is 5.91 Å². The first kappa shape index (κ1) is 26.9. The number of nitrogens with one attached hydrogen (secondary N) is 1. The highest BCUT2D eigenvalue weighted by Crippen LogP contribution is 2.32. The molecular formula is C27H28ClN5O5S. The lowest BCUT2D eigenvalue weighted by Crippen LogP contribution is -2.54. The minimum atomic E-state index is -0.152. The van der Waals surface area contributed by atoms with Crippen LogP contribution in [0.1, 0.15) is 22.8 Å². The summed E-state index contributed by atoms with van der Waals surface area (Å²) in [6.45, 7) is 4.29. The van der Waals surface area contributed by atoms with Gasteiger partial charge in [-0.25, -0.2) is 9.97 Å². The fourth-order valence-electron chi connectivity index (χ4n) is 4.43. The molecule has 2 aliphatic rings. The first-order valence-electron chi connectivity index (χ1n) is 12.4. The van der Waals surface area contributed by atoms with E-state index in [4.69, 9.17) is 25.8 Å². The highest BCUT2D eigenvalue weighted by molar-refractivity contribution is 7.99. The third-order valence-corrected chi connectivity index (χ3v) is 7.49. The molecule has 0 bridgehead atoms. The maximum Gasteiger partial charge on any atom is 0.254 e. The number of anilines is 1. The molecule has 2 amide bonds. The maximum atomic E-state index is 13.1. The van der Waals surface area contributed by atoms with E-state index in [2.05, 4.69) is 20.2 Å². The summed E-state index contributed by atoms with van der Waals surface area (Å²) in [5, 5.41) is 3.61. The van der Waals surface area contributed by atoms with Gasteiger partial charge in [-0.2, -0.15) is 0 Å². The Bertz CT molecular complexity index is 1380. The highest BCUT2D eigenvalue weighted by atomic mass is 35.5. The molecule has 3 heterocycles. The standard InChI is InChI=1S/C27H28ClN5O5S/c1-17-14-32(8-9-33(17)26(35)19-4-3-5-20(11-19)36-2)24-12-23(28)30-27(31-24)39-15-25(34)29-13-18-6-7-21-22(10-18)38-16-37-21/h3-7,10-12,17H,8-9,13-16H2,1-2H3,(H,29,34). The predicted molar refractivity (Wildman–Crippen MR) is 148 cm³/mol. The van der Waals surface area contributed by atoms with Gasteiger partial charge in [0.05, 0.1) is 12.9 Å². The molecular weight excluding hydrogens is 542 g/mol. The number of piperazine rings is 1. The molecule has 1 aromatic heterocycles. The Labute approximate surface area is 235 Å². The second-order valence-corrected chi connectivity index (χ2v) is 10.4. The van der Waals surface area contributed by atoms with Gasteiger partial charge in [0.15, 0.2) is 16.7 Å². The molecule has 1 N–H and O–H groups in total. The molecule has 1 unspecified atom stereocenters. The Morgan fingerprint density at radius 1 is 1.13 bits per heavy atom. The van der Waals surface area contributed by atoms with Crippen molar-refractivity contribution in [1.29, 1.82) is 0 Å². The van der Waals surface area contributed by atoms with Crippen LogP contribution in [0, 0.1) is 0 Å². The van der Waals surface area contributed by atoms with Crippen LogP contribution < -0.4 is 24.4 Å². The molecule has 1 fully saturated rings. The van der Waals surface area contributed by atoms with Gasteiger partial charge in [-0.3, -0.25) is 9.59 Å². The van der Waals surface area contributed by atoms with Crippen LogP contribution in [0.5, 0.6) is 17.2 Å². The summed E-state index contributed by atoms with van der Waals surface area (Å²) < 4.78 is 16.0. The van der Waals surface area contributed by atoms with Gasteiger partial charge in [0.2, 0.25) is 12.7 Å². The molecule has 10 nitrogen and oxygen atoms in total. The predicted octanol–water partition coefficient (Wildman–Crippen LogP) is 3.63. The molecule has 2 aliphatic heterocycles. The number of nitrogens with zero attached hydrogens (tertiary/aromatic N) is 4. The van der Waals surface area contributed by atoms with E-state index in [9.17, 15) is 9.59 Å². The monoisotopic (exact) mass is 569 g/mol. The van der Waals surface area contributed by atoms with Gasteiger partial charge in [-0.1, -0.05) is 35.5 Å². The Morgan fingerprint density at radius 2 is 1.97 bits per heavy atom. The molecule has 1 atom stereocenters. The number of hydrogen-bond donors (Lipinski definition) is 1. The number of benzene rings is 2. The lowest BCUT2D eigenvalue weighted by Gasteiger charge is -2.40. The molecule has 0 radical (unpaired) electrons. The van der Waals surface area contributed by atoms with E-state index in [1.54, 1.807) is 25.3 Å². The Morgan fingerprint density at radius 3 is 2.79 bits per heavy atom. The van der Waals surface area contributed by atoms with Crippen molar-refractivity contribution in [3.05, 3.63) is 64.8 Å². The Kier molecular flexibility index (Phi) is 8.27. The molecule has 3 aromatic rings. The largest absolute Gasteiger partial charge is 0.497 e. The van der Waals surface area contributed by atoms with E-state index >= 15 is 0 Å². The Balaban J connectivity index is 1.15. The van der Waals surface area contributed by atoms with Gasteiger partial charge in [-0.15, -0.1) is 0 Å². The number of aromatic nitrogens is 2. The zero-order valence-corrected chi connectivity index (χ0v) is 23.1. The van der Waals surface area contributed by atoms with Crippen LogP contribution in [-0.4, -0.2) is 72.0 Å².